The zero-order chi connectivity index (χ0) is 76.8. The molecular formula is C67H51Cl2F14N7O13. The predicted molar refractivity (Wildman–Crippen MR) is 351 cm³/mol. The van der Waals surface area contributed by atoms with Gasteiger partial charge in [0.25, 0.3) is 0 Å². The number of alkyl halides is 3. The first-order valence-electron chi connectivity index (χ1n) is 28.2. The largest absolute Gasteiger partial charge is 0.505 e. The van der Waals surface area contributed by atoms with Gasteiger partial charge < -0.3 is 45.6 Å². The molecule has 0 aliphatic carbocycles. The summed E-state index contributed by atoms with van der Waals surface area (Å²) in [4.78, 5) is 45.5. The summed E-state index contributed by atoms with van der Waals surface area (Å²) in [5.41, 5.74) is 11.2. The Labute approximate surface area is 583 Å². The molecule has 1 aromatic heterocycles. The molecule has 0 radical (unpaired) electrons. The fraction of sp³-hybridized carbons (Fsp3) is 0.0746. The van der Waals surface area contributed by atoms with E-state index in [-0.39, 0.29) is 59.3 Å². The molecule has 0 saturated heterocycles. The highest BCUT2D eigenvalue weighted by Crippen LogP contribution is 2.38. The van der Waals surface area contributed by atoms with Crippen LogP contribution in [0.5, 0.6) is 51.7 Å². The summed E-state index contributed by atoms with van der Waals surface area (Å²) in [7, 11) is -1.00. The maximum atomic E-state index is 13.6. The Hall–Kier alpha value is -12.5. The van der Waals surface area contributed by atoms with E-state index in [4.69, 9.17) is 65.2 Å². The van der Waals surface area contributed by atoms with Crippen molar-refractivity contribution in [3.63, 3.8) is 0 Å². The maximum Gasteiger partial charge on any atom is 0.346 e. The zero-order valence-corrected chi connectivity index (χ0v) is 52.8. The minimum atomic E-state index is -1.16. The number of para-hydroxylation sites is 5. The first kappa shape index (κ1) is 83.0. The van der Waals surface area contributed by atoms with Crippen LogP contribution in [-0.4, -0.2) is 54.0 Å². The molecule has 11 aromatic rings. The Balaban J connectivity index is 0.000000321. The van der Waals surface area contributed by atoms with Gasteiger partial charge in [0.2, 0.25) is 29.0 Å². The van der Waals surface area contributed by atoms with Gasteiger partial charge in [0.1, 0.15) is 46.3 Å². The van der Waals surface area contributed by atoms with E-state index in [0.717, 1.165) is 96.5 Å². The number of ether oxygens (including phenoxy) is 4. The van der Waals surface area contributed by atoms with Gasteiger partial charge in [0.05, 0.1) is 46.1 Å². The van der Waals surface area contributed by atoms with E-state index in [1.54, 1.807) is 49.4 Å². The van der Waals surface area contributed by atoms with E-state index in [1.165, 1.54) is 24.3 Å². The van der Waals surface area contributed by atoms with Crippen LogP contribution in [0.1, 0.15) is 20.2 Å². The maximum absolute atomic E-state index is 13.6. The number of carboxylic acids is 1. The van der Waals surface area contributed by atoms with Gasteiger partial charge in [0.15, 0.2) is 69.3 Å². The molecule has 0 aliphatic rings. The van der Waals surface area contributed by atoms with Crippen molar-refractivity contribution in [3.8, 4) is 51.7 Å². The van der Waals surface area contributed by atoms with Crippen LogP contribution in [0.15, 0.2) is 182 Å². The first-order chi connectivity index (χ1) is 48.7. The number of imidazole rings is 1. The number of anilines is 2. The summed E-state index contributed by atoms with van der Waals surface area (Å²) >= 11 is 10.5. The number of rotatable bonds is 13. The van der Waals surface area contributed by atoms with E-state index in [1.807, 2.05) is 6.07 Å². The van der Waals surface area contributed by atoms with Crippen molar-refractivity contribution in [1.82, 2.24) is 9.97 Å². The molecule has 0 aliphatic heterocycles. The molecule has 0 unspecified atom stereocenters. The average molecular weight is 1500 g/mol. The SMILES string of the molecule is C.Cc1cccc(Oc2ccc(F)cc2F)c1[N+](=O)[O-].Fc1ccc(Oc2cccc3[nH]c(CCl)nc23)c(F)c1.Nc1cccc(Oc2ccc(F)cc2F)c1N.O=C(O)CCl.O=[N+]([O-])c1c(F)cccc1F.O=[N+]([O-])c1c(F)cccc1Oc1ccc(F)cc1F.Oc1ccc(F)cc1F.[2H]CF. The number of phenols is 1. The zero-order valence-electron chi connectivity index (χ0n) is 52.3. The molecule has 20 nitrogen and oxygen atoms in total. The molecule has 544 valence electrons. The van der Waals surface area contributed by atoms with Gasteiger partial charge >= 0.3 is 23.0 Å². The molecule has 0 amide bonds. The Morgan fingerprint density at radius 3 is 1.19 bits per heavy atom. The molecule has 103 heavy (non-hydrogen) atoms. The van der Waals surface area contributed by atoms with E-state index in [0.29, 0.717) is 46.5 Å². The number of nitrogens with two attached hydrogens (primary N) is 2. The van der Waals surface area contributed by atoms with Crippen molar-refractivity contribution in [2.24, 2.45) is 0 Å². The van der Waals surface area contributed by atoms with Gasteiger partial charge in [0, 0.05) is 35.9 Å². The molecule has 1 heterocycles. The van der Waals surface area contributed by atoms with E-state index < -0.39 is 132 Å². The lowest BCUT2D eigenvalue weighted by Gasteiger charge is -2.10. The summed E-state index contributed by atoms with van der Waals surface area (Å²) in [6, 6.07) is 34.3. The molecule has 0 spiro atoms. The molecule has 36 heteroatoms. The van der Waals surface area contributed by atoms with E-state index in [2.05, 4.69) is 9.97 Å². The number of H-pyrrole nitrogens is 1. The normalized spacial score (nSPS) is 10.0. The highest BCUT2D eigenvalue weighted by Gasteiger charge is 2.24. The number of nitro groups is 3. The quantitative estimate of drug-likeness (QED) is 0.0236. The van der Waals surface area contributed by atoms with Gasteiger partial charge in [-0.25, -0.2) is 48.9 Å². The Morgan fingerprint density at radius 1 is 0.485 bits per heavy atom. The van der Waals surface area contributed by atoms with Gasteiger partial charge in [-0.05, 0) is 122 Å². The van der Waals surface area contributed by atoms with E-state index >= 15 is 0 Å². The lowest BCUT2D eigenvalue weighted by atomic mass is 10.2. The summed E-state index contributed by atoms with van der Waals surface area (Å²) in [5, 5.41) is 47.7. The topological polar surface area (TPSA) is 305 Å². The predicted octanol–water partition coefficient (Wildman–Crippen LogP) is 20.1. The monoisotopic (exact) mass is 1500 g/mol. The number of aryl methyl sites for hydroxylation is 1. The minimum Gasteiger partial charge on any atom is -0.505 e. The summed E-state index contributed by atoms with van der Waals surface area (Å²) < 4.78 is 203. The lowest BCUT2D eigenvalue weighted by Crippen LogP contribution is -1.98. The number of nitro benzene ring substituents is 3. The smallest absolute Gasteiger partial charge is 0.346 e. The highest BCUT2D eigenvalue weighted by molar-refractivity contribution is 6.26. The van der Waals surface area contributed by atoms with Crippen LogP contribution in [0.4, 0.5) is 89.9 Å². The highest BCUT2D eigenvalue weighted by atomic mass is 35.5. The number of fused-ring (bicyclic) bond motifs is 1. The second-order valence-corrected chi connectivity index (χ2v) is 19.4. The van der Waals surface area contributed by atoms with E-state index in [9.17, 15) is 96.6 Å². The molecular weight excluding hydrogens is 1450 g/mol. The van der Waals surface area contributed by atoms with Gasteiger partial charge in [-0.3, -0.25) is 39.5 Å². The van der Waals surface area contributed by atoms with Crippen molar-refractivity contribution >= 4 is 68.6 Å². The fourth-order valence-corrected chi connectivity index (χ4v) is 7.53. The van der Waals surface area contributed by atoms with Crippen LogP contribution >= 0.6 is 23.2 Å². The number of nitrogens with zero attached hydrogens (tertiary/aromatic N) is 4. The Kier molecular flexibility index (Phi) is 33.2. The van der Waals surface area contributed by atoms with Crippen LogP contribution in [0.25, 0.3) is 11.0 Å². The molecule has 0 bridgehead atoms. The number of carbonyl (C=O) groups is 1. The lowest BCUT2D eigenvalue weighted by molar-refractivity contribution is -0.390. The molecule has 10 aromatic carbocycles. The van der Waals surface area contributed by atoms with Crippen molar-refractivity contribution in [2.75, 3.05) is 24.5 Å². The summed E-state index contributed by atoms with van der Waals surface area (Å²) in [6.07, 6.45) is 0. The molecule has 0 fully saturated rings. The first-order valence-corrected chi connectivity index (χ1v) is 28.5. The van der Waals surface area contributed by atoms with Gasteiger partial charge in [-0.15, -0.1) is 23.2 Å². The van der Waals surface area contributed by atoms with Crippen molar-refractivity contribution in [3.05, 3.63) is 299 Å². The number of aromatic amines is 1. The third-order valence-electron chi connectivity index (χ3n) is 11.9. The third-order valence-corrected chi connectivity index (χ3v) is 12.3. The average Bonchev–Trinajstić information content (AvgIpc) is 1.59. The number of hydrogen-bond donors (Lipinski definition) is 5. The van der Waals surface area contributed by atoms with Crippen LogP contribution in [0, 0.1) is 113 Å². The second kappa shape index (κ2) is 41.2. The summed E-state index contributed by atoms with van der Waals surface area (Å²) in [6.45, 7) is 1.55. The van der Waals surface area contributed by atoms with Crippen molar-refractivity contribution in [2.45, 2.75) is 20.2 Å². The standard InChI is InChI=1S/C14H9ClF2N2O.C13H9F2NO3.C12H6F3NO3.C12H10F2N2O.C6H3F2NO2.C6H4F2O.C2H3ClO2.CH3F.CH4/c15-7-13-18-10-2-1-3-12(14(10)19-13)20-11-5-4-8(16)6-9(11)17;1-8-3-2-4-12(13(8)16(17)18)19-11-6-5-9(14)7-10(11)15;13-7-4-5-10(9(15)6-7)19-11-3-1-2-8(14)12(11)16(17)18;13-7-4-5-10(8(14)6-7)17-11-3-1-2-9(15)12(11)16;7-4-2-1-3-5(8)6(4)9(10)11;7-4-1-2-6(9)5(8)3-4;3-1-2(4)5;1-2;/h1-6H,7H2,(H,18,19);2-7H,1H3;1-6H;1-6H,15-16H2;1-3H;1-3,9H;1H2,(H,4,5);1H3;1H4/i;;;;;;;1D;. The molecule has 0 saturated carbocycles. The third kappa shape index (κ3) is 26.0. The van der Waals surface area contributed by atoms with Crippen LogP contribution in [0.2, 0.25) is 0 Å². The number of benzene rings is 10. The Morgan fingerprint density at radius 2 is 0.816 bits per heavy atom. The van der Waals surface area contributed by atoms with Crippen LogP contribution in [0.3, 0.4) is 0 Å². The number of phenolic OH excluding ortho intramolecular Hbond substituents is 1. The number of aromatic hydroxyl groups is 1. The number of hydrogen-bond acceptors (Lipinski definition) is 15. The van der Waals surface area contributed by atoms with Crippen LogP contribution in [-0.2, 0) is 10.7 Å². The molecule has 0 atom stereocenters. The number of nitrogens with one attached hydrogen (secondary N) is 1. The van der Waals surface area contributed by atoms with Crippen molar-refractivity contribution < 1.29 is 112 Å². The van der Waals surface area contributed by atoms with Crippen molar-refractivity contribution in [1.29, 1.82) is 0 Å². The second-order valence-electron chi connectivity index (χ2n) is 18.9. The summed E-state index contributed by atoms with van der Waals surface area (Å²) in [5.74, 6) is -13.3. The number of aliphatic carboxylic acids is 1. The number of carboxylic acid groups (broad SMARTS) is 1. The van der Waals surface area contributed by atoms with Gasteiger partial charge in [-0.1, -0.05) is 43.8 Å². The fourth-order valence-electron chi connectivity index (χ4n) is 7.41. The van der Waals surface area contributed by atoms with Gasteiger partial charge in [-0.2, -0.15) is 13.2 Å². The number of nitrogen functional groups attached to an aromatic ring is 2. The number of halogens is 16. The Bertz CT molecular complexity index is 4620. The molecule has 11 rings (SSSR count). The number of aromatic nitrogens is 2. The minimum absolute atomic E-state index is 0. The van der Waals surface area contributed by atoms with Crippen LogP contribution < -0.4 is 30.4 Å². The molecule has 7 N–H and O–H groups in total.